The van der Waals surface area contributed by atoms with Gasteiger partial charge < -0.3 is 9.64 Å². The largest absolute Gasteiger partial charge is 0.494 e. The van der Waals surface area contributed by atoms with Crippen molar-refractivity contribution in [3.8, 4) is 5.75 Å². The second-order valence-corrected chi connectivity index (χ2v) is 11.1. The van der Waals surface area contributed by atoms with Gasteiger partial charge in [-0.05, 0) is 87.4 Å². The molecular formula is C26H34N2O4S. The highest BCUT2D eigenvalue weighted by Crippen LogP contribution is 2.36. The number of rotatable bonds is 6. The summed E-state index contributed by atoms with van der Waals surface area (Å²) in [5, 5.41) is 0. The lowest BCUT2D eigenvalue weighted by molar-refractivity contribution is -0.137. The second kappa shape index (κ2) is 9.85. The van der Waals surface area contributed by atoms with Crippen LogP contribution in [0.1, 0.15) is 55.3 Å². The number of amides is 1. The Balaban J connectivity index is 1.40. The number of sulfonamides is 1. The van der Waals surface area contributed by atoms with Crippen LogP contribution in [0.25, 0.3) is 0 Å². The van der Waals surface area contributed by atoms with Crippen molar-refractivity contribution in [3.63, 3.8) is 0 Å². The van der Waals surface area contributed by atoms with Gasteiger partial charge in [0, 0.05) is 25.6 Å². The predicted molar refractivity (Wildman–Crippen MR) is 129 cm³/mol. The number of nitrogens with zero attached hydrogens (tertiary/aromatic N) is 2. The van der Waals surface area contributed by atoms with Crippen molar-refractivity contribution in [2.24, 2.45) is 5.92 Å². The van der Waals surface area contributed by atoms with E-state index in [1.807, 2.05) is 43.9 Å². The van der Waals surface area contributed by atoms with Crippen LogP contribution < -0.4 is 4.74 Å². The van der Waals surface area contributed by atoms with Gasteiger partial charge >= 0.3 is 0 Å². The molecule has 2 fully saturated rings. The molecule has 2 aliphatic heterocycles. The van der Waals surface area contributed by atoms with Gasteiger partial charge in [-0.25, -0.2) is 8.42 Å². The maximum atomic E-state index is 13.4. The van der Waals surface area contributed by atoms with Crippen molar-refractivity contribution in [1.29, 1.82) is 0 Å². The van der Waals surface area contributed by atoms with Gasteiger partial charge in [0.25, 0.3) is 0 Å². The van der Waals surface area contributed by atoms with Crippen LogP contribution in [0.15, 0.2) is 47.4 Å². The number of hydrogen-bond acceptors (Lipinski definition) is 4. The predicted octanol–water partition coefficient (Wildman–Crippen LogP) is 4.47. The molecule has 0 aromatic heterocycles. The van der Waals surface area contributed by atoms with Gasteiger partial charge in [0.1, 0.15) is 5.75 Å². The molecule has 2 aromatic carbocycles. The number of ether oxygens (including phenoxy) is 1. The first-order chi connectivity index (χ1) is 15.8. The summed E-state index contributed by atoms with van der Waals surface area (Å²) in [5.41, 5.74) is 3.18. The smallest absolute Gasteiger partial charge is 0.243 e. The summed E-state index contributed by atoms with van der Waals surface area (Å²) in [6.45, 7) is 8.02. The van der Waals surface area contributed by atoms with Crippen LogP contribution in [0, 0.1) is 19.8 Å². The van der Waals surface area contributed by atoms with Crippen molar-refractivity contribution in [3.05, 3.63) is 59.2 Å². The van der Waals surface area contributed by atoms with E-state index in [0.717, 1.165) is 41.8 Å². The van der Waals surface area contributed by atoms with Gasteiger partial charge in [0.05, 0.1) is 17.5 Å². The molecular weight excluding hydrogens is 436 g/mol. The lowest BCUT2D eigenvalue weighted by atomic mass is 9.95. The zero-order valence-electron chi connectivity index (χ0n) is 19.8. The van der Waals surface area contributed by atoms with Gasteiger partial charge in [-0.15, -0.1) is 0 Å². The molecule has 6 nitrogen and oxygen atoms in total. The molecule has 0 bridgehead atoms. The monoisotopic (exact) mass is 470 g/mol. The summed E-state index contributed by atoms with van der Waals surface area (Å²) in [7, 11) is -3.54. The van der Waals surface area contributed by atoms with E-state index in [2.05, 4.69) is 12.1 Å². The first-order valence-electron chi connectivity index (χ1n) is 11.9. The first kappa shape index (κ1) is 23.8. The van der Waals surface area contributed by atoms with Crippen LogP contribution in [-0.4, -0.2) is 49.8 Å². The summed E-state index contributed by atoms with van der Waals surface area (Å²) in [6.07, 6.45) is 3.08. The molecule has 2 heterocycles. The summed E-state index contributed by atoms with van der Waals surface area (Å²) < 4.78 is 33.3. The SMILES string of the molecule is CCOc1ccc(C2CCCN2C(=O)C2CCN(S(=O)(=O)c3ccc(C)c(C)c3)CC2)cc1. The second-order valence-electron chi connectivity index (χ2n) is 9.12. The summed E-state index contributed by atoms with van der Waals surface area (Å²) >= 11 is 0. The lowest BCUT2D eigenvalue weighted by Crippen LogP contribution is -2.44. The van der Waals surface area contributed by atoms with E-state index in [0.29, 0.717) is 37.4 Å². The first-order valence-corrected chi connectivity index (χ1v) is 13.4. The molecule has 1 unspecified atom stereocenters. The Bertz CT molecular complexity index is 1090. The van der Waals surface area contributed by atoms with Gasteiger partial charge in [-0.3, -0.25) is 4.79 Å². The molecule has 1 atom stereocenters. The molecule has 33 heavy (non-hydrogen) atoms. The van der Waals surface area contributed by atoms with Gasteiger partial charge in [0.15, 0.2) is 0 Å². The fraction of sp³-hybridized carbons (Fsp3) is 0.500. The third-order valence-corrected chi connectivity index (χ3v) is 8.93. The summed E-state index contributed by atoms with van der Waals surface area (Å²) in [5.74, 6) is 0.878. The number of carbonyl (C=O) groups is 1. The standard InChI is InChI=1S/C26H34N2O4S/c1-4-32-23-10-8-21(9-11-23)25-6-5-15-28(25)26(29)22-13-16-27(17-14-22)33(30,31)24-12-7-19(2)20(3)18-24/h7-12,18,22,25H,4-6,13-17H2,1-3H3. The Hall–Kier alpha value is -2.38. The van der Waals surface area contributed by atoms with Crippen molar-refractivity contribution in [1.82, 2.24) is 9.21 Å². The van der Waals surface area contributed by atoms with Gasteiger partial charge in [-0.2, -0.15) is 4.31 Å². The van der Waals surface area contributed by atoms with E-state index in [-0.39, 0.29) is 17.9 Å². The van der Waals surface area contributed by atoms with Crippen molar-refractivity contribution < 1.29 is 17.9 Å². The van der Waals surface area contributed by atoms with Crippen LogP contribution in [0.4, 0.5) is 0 Å². The molecule has 4 rings (SSSR count). The third kappa shape index (κ3) is 4.94. The van der Waals surface area contributed by atoms with Crippen LogP contribution in [0.3, 0.4) is 0 Å². The van der Waals surface area contributed by atoms with E-state index in [4.69, 9.17) is 4.74 Å². The Morgan fingerprint density at radius 3 is 2.30 bits per heavy atom. The number of carbonyl (C=O) groups excluding carboxylic acids is 1. The average molecular weight is 471 g/mol. The number of piperidine rings is 1. The lowest BCUT2D eigenvalue weighted by Gasteiger charge is -2.34. The molecule has 2 aromatic rings. The maximum absolute atomic E-state index is 13.4. The van der Waals surface area contributed by atoms with Crippen molar-refractivity contribution >= 4 is 15.9 Å². The molecule has 1 amide bonds. The minimum Gasteiger partial charge on any atom is -0.494 e. The molecule has 0 spiro atoms. The van der Waals surface area contributed by atoms with E-state index in [1.54, 1.807) is 12.1 Å². The molecule has 7 heteroatoms. The van der Waals surface area contributed by atoms with E-state index < -0.39 is 10.0 Å². The Labute approximate surface area is 197 Å². The zero-order valence-corrected chi connectivity index (χ0v) is 20.6. The topological polar surface area (TPSA) is 66.9 Å². The highest BCUT2D eigenvalue weighted by molar-refractivity contribution is 7.89. The highest BCUT2D eigenvalue weighted by Gasteiger charge is 2.37. The quantitative estimate of drug-likeness (QED) is 0.625. The van der Waals surface area contributed by atoms with Crippen LogP contribution in [0.5, 0.6) is 5.75 Å². The minimum atomic E-state index is -3.54. The fourth-order valence-corrected chi connectivity index (χ4v) is 6.49. The van der Waals surface area contributed by atoms with Crippen molar-refractivity contribution in [2.75, 3.05) is 26.2 Å². The van der Waals surface area contributed by atoms with E-state index >= 15 is 0 Å². The minimum absolute atomic E-state index is 0.0884. The highest BCUT2D eigenvalue weighted by atomic mass is 32.2. The summed E-state index contributed by atoms with van der Waals surface area (Å²) in [6, 6.07) is 13.4. The number of likely N-dealkylation sites (tertiary alicyclic amines) is 1. The summed E-state index contributed by atoms with van der Waals surface area (Å²) in [4.78, 5) is 15.7. The molecule has 0 aliphatic carbocycles. The van der Waals surface area contributed by atoms with E-state index in [1.165, 1.54) is 4.31 Å². The fourth-order valence-electron chi connectivity index (χ4n) is 4.93. The normalized spacial score (nSPS) is 20.2. The molecule has 0 saturated carbocycles. The third-order valence-electron chi connectivity index (χ3n) is 7.03. The molecule has 2 aliphatic rings. The number of aryl methyl sites for hydroxylation is 2. The molecule has 0 N–H and O–H groups in total. The Kier molecular flexibility index (Phi) is 7.10. The molecule has 178 valence electrons. The van der Waals surface area contributed by atoms with E-state index in [9.17, 15) is 13.2 Å². The van der Waals surface area contributed by atoms with Gasteiger partial charge in [0.2, 0.25) is 15.9 Å². The van der Waals surface area contributed by atoms with Crippen LogP contribution >= 0.6 is 0 Å². The number of hydrogen-bond donors (Lipinski definition) is 0. The average Bonchev–Trinajstić information content (AvgIpc) is 3.31. The Morgan fingerprint density at radius 2 is 1.67 bits per heavy atom. The van der Waals surface area contributed by atoms with Crippen LogP contribution in [-0.2, 0) is 14.8 Å². The van der Waals surface area contributed by atoms with Gasteiger partial charge in [-0.1, -0.05) is 18.2 Å². The number of benzene rings is 2. The van der Waals surface area contributed by atoms with Crippen LogP contribution in [0.2, 0.25) is 0 Å². The maximum Gasteiger partial charge on any atom is 0.243 e. The Morgan fingerprint density at radius 1 is 0.970 bits per heavy atom. The zero-order chi connectivity index (χ0) is 23.6. The molecule has 0 radical (unpaired) electrons. The van der Waals surface area contributed by atoms with Crippen molar-refractivity contribution in [2.45, 2.75) is 57.4 Å². The molecule has 2 saturated heterocycles.